The number of rotatable bonds is 2. The van der Waals surface area contributed by atoms with Crippen LogP contribution >= 0.6 is 0 Å². The molecule has 0 bridgehead atoms. The third-order valence-electron chi connectivity index (χ3n) is 1.53. The number of methoxy groups -OCH3 is 1. The van der Waals surface area contributed by atoms with Gasteiger partial charge in [-0.25, -0.2) is 9.59 Å². The quantitative estimate of drug-likeness (QED) is 0.533. The molecule has 0 amide bonds. The molecule has 6 nitrogen and oxygen atoms in total. The van der Waals surface area contributed by atoms with Gasteiger partial charge in [0.15, 0.2) is 12.2 Å². The molecule has 6 heteroatoms. The van der Waals surface area contributed by atoms with Crippen molar-refractivity contribution < 1.29 is 29.3 Å². The van der Waals surface area contributed by atoms with Crippen LogP contribution in [0.1, 0.15) is 0 Å². The summed E-state index contributed by atoms with van der Waals surface area (Å²) in [7, 11) is 1.09. The van der Waals surface area contributed by atoms with Crippen LogP contribution in [-0.4, -0.2) is 41.5 Å². The molecule has 0 saturated carbocycles. The number of carbonyl (C=O) groups excluding carboxylic acids is 2. The normalized spacial score (nSPS) is 23.4. The summed E-state index contributed by atoms with van der Waals surface area (Å²) in [5.41, 5.74) is 0. The lowest BCUT2D eigenvalue weighted by Gasteiger charge is -2.12. The maximum atomic E-state index is 10.7. The van der Waals surface area contributed by atoms with Crippen molar-refractivity contribution >= 4 is 11.9 Å². The van der Waals surface area contributed by atoms with Crippen LogP contribution in [0, 0.1) is 0 Å². The number of hydrogen-bond acceptors (Lipinski definition) is 6. The lowest BCUT2D eigenvalue weighted by atomic mass is 10.2. The minimum absolute atomic E-state index is 0.618. The highest BCUT2D eigenvalue weighted by atomic mass is 16.6. The average molecular weight is 188 g/mol. The van der Waals surface area contributed by atoms with E-state index >= 15 is 0 Å². The van der Waals surface area contributed by atoms with E-state index in [4.69, 9.17) is 10.2 Å². The molecule has 1 heterocycles. The Labute approximate surface area is 73.4 Å². The summed E-state index contributed by atoms with van der Waals surface area (Å²) in [5.74, 6) is -2.51. The molecule has 72 valence electrons. The number of aliphatic hydroxyl groups excluding tert-OH is 2. The van der Waals surface area contributed by atoms with Crippen molar-refractivity contribution in [2.75, 3.05) is 7.11 Å². The molecule has 1 aliphatic heterocycles. The van der Waals surface area contributed by atoms with E-state index in [0.717, 1.165) is 13.2 Å². The fraction of sp³-hybridized carbons (Fsp3) is 0.429. The average Bonchev–Trinajstić information content (AvgIpc) is 2.44. The minimum atomic E-state index is -1.60. The standard InChI is InChI=1S/C7H8O6/c1-12-7(11)5(9)4-2-3(8)6(10)13-4/h2,4-5,8-9H,1H3. The first kappa shape index (κ1) is 9.53. The molecule has 2 atom stereocenters. The summed E-state index contributed by atoms with van der Waals surface area (Å²) in [6, 6.07) is 0. The molecular formula is C7H8O6. The van der Waals surface area contributed by atoms with Gasteiger partial charge in [-0.2, -0.15) is 0 Å². The van der Waals surface area contributed by atoms with Crippen molar-refractivity contribution in [3.63, 3.8) is 0 Å². The Kier molecular flexibility index (Phi) is 2.52. The van der Waals surface area contributed by atoms with Crippen molar-refractivity contribution in [2.45, 2.75) is 12.2 Å². The van der Waals surface area contributed by atoms with Gasteiger partial charge in [0, 0.05) is 6.08 Å². The van der Waals surface area contributed by atoms with Gasteiger partial charge in [-0.1, -0.05) is 0 Å². The van der Waals surface area contributed by atoms with E-state index in [1.807, 2.05) is 0 Å². The van der Waals surface area contributed by atoms with E-state index in [1.165, 1.54) is 0 Å². The first-order valence-electron chi connectivity index (χ1n) is 3.44. The fourth-order valence-electron chi connectivity index (χ4n) is 0.852. The van der Waals surface area contributed by atoms with Gasteiger partial charge in [0.1, 0.15) is 0 Å². The first-order valence-corrected chi connectivity index (χ1v) is 3.44. The molecule has 0 aromatic heterocycles. The van der Waals surface area contributed by atoms with Gasteiger partial charge >= 0.3 is 11.9 Å². The largest absolute Gasteiger partial charge is 0.502 e. The van der Waals surface area contributed by atoms with E-state index in [-0.39, 0.29) is 0 Å². The highest BCUT2D eigenvalue weighted by Crippen LogP contribution is 2.14. The van der Waals surface area contributed by atoms with Crippen LogP contribution < -0.4 is 0 Å². The molecular weight excluding hydrogens is 180 g/mol. The lowest BCUT2D eigenvalue weighted by Crippen LogP contribution is -2.34. The second kappa shape index (κ2) is 3.44. The van der Waals surface area contributed by atoms with Gasteiger partial charge < -0.3 is 19.7 Å². The summed E-state index contributed by atoms with van der Waals surface area (Å²) in [5, 5.41) is 17.9. The lowest BCUT2D eigenvalue weighted by molar-refractivity contribution is -0.160. The molecule has 2 unspecified atom stereocenters. The van der Waals surface area contributed by atoms with E-state index < -0.39 is 29.9 Å². The van der Waals surface area contributed by atoms with Crippen LogP contribution in [-0.2, 0) is 19.1 Å². The third-order valence-corrected chi connectivity index (χ3v) is 1.53. The third kappa shape index (κ3) is 1.78. The number of ether oxygens (including phenoxy) is 2. The Bertz CT molecular complexity index is 268. The summed E-state index contributed by atoms with van der Waals surface area (Å²) < 4.78 is 8.63. The fourth-order valence-corrected chi connectivity index (χ4v) is 0.852. The smallest absolute Gasteiger partial charge is 0.373 e. The van der Waals surface area contributed by atoms with Crippen molar-refractivity contribution in [3.8, 4) is 0 Å². The van der Waals surface area contributed by atoms with Crippen molar-refractivity contribution in [1.82, 2.24) is 0 Å². The number of hydrogen-bond donors (Lipinski definition) is 2. The number of esters is 2. The summed E-state index contributed by atoms with van der Waals surface area (Å²) in [6.07, 6.45) is -1.82. The molecule has 0 spiro atoms. The Morgan fingerprint density at radius 3 is 2.77 bits per heavy atom. The second-order valence-electron chi connectivity index (χ2n) is 2.39. The Morgan fingerprint density at radius 1 is 1.77 bits per heavy atom. The topological polar surface area (TPSA) is 93.1 Å². The molecule has 0 aliphatic carbocycles. The van der Waals surface area contributed by atoms with Crippen LogP contribution in [0.4, 0.5) is 0 Å². The zero-order valence-corrected chi connectivity index (χ0v) is 6.76. The summed E-state index contributed by atoms with van der Waals surface area (Å²) >= 11 is 0. The van der Waals surface area contributed by atoms with Gasteiger partial charge in [0.25, 0.3) is 0 Å². The number of cyclic esters (lactones) is 1. The molecule has 0 radical (unpaired) electrons. The SMILES string of the molecule is COC(=O)C(O)C1C=C(O)C(=O)O1. The monoisotopic (exact) mass is 188 g/mol. The minimum Gasteiger partial charge on any atom is -0.502 e. The van der Waals surface area contributed by atoms with Gasteiger partial charge in [-0.05, 0) is 0 Å². The molecule has 0 aromatic carbocycles. The van der Waals surface area contributed by atoms with Crippen LogP contribution in [0.3, 0.4) is 0 Å². The van der Waals surface area contributed by atoms with Crippen molar-refractivity contribution in [3.05, 3.63) is 11.8 Å². The second-order valence-corrected chi connectivity index (χ2v) is 2.39. The zero-order valence-electron chi connectivity index (χ0n) is 6.76. The maximum absolute atomic E-state index is 10.7. The molecule has 0 aromatic rings. The van der Waals surface area contributed by atoms with Gasteiger partial charge in [-0.15, -0.1) is 0 Å². The zero-order chi connectivity index (χ0) is 10.0. The molecule has 2 N–H and O–H groups in total. The predicted molar refractivity (Wildman–Crippen MR) is 38.6 cm³/mol. The van der Waals surface area contributed by atoms with Crippen LogP contribution in [0.15, 0.2) is 11.8 Å². The van der Waals surface area contributed by atoms with E-state index in [1.54, 1.807) is 0 Å². The van der Waals surface area contributed by atoms with Gasteiger partial charge in [0.05, 0.1) is 7.11 Å². The Morgan fingerprint density at radius 2 is 2.38 bits per heavy atom. The predicted octanol–water partition coefficient (Wildman–Crippen LogP) is -1.11. The number of carbonyl (C=O) groups is 2. The molecule has 0 saturated heterocycles. The van der Waals surface area contributed by atoms with Crippen LogP contribution in [0.25, 0.3) is 0 Å². The van der Waals surface area contributed by atoms with Gasteiger partial charge in [-0.3, -0.25) is 0 Å². The first-order chi connectivity index (χ1) is 6.06. The van der Waals surface area contributed by atoms with Gasteiger partial charge in [0.2, 0.25) is 5.76 Å². The Balaban J connectivity index is 2.66. The highest BCUT2D eigenvalue weighted by Gasteiger charge is 2.35. The maximum Gasteiger partial charge on any atom is 0.373 e. The van der Waals surface area contributed by atoms with E-state index in [9.17, 15) is 9.59 Å². The van der Waals surface area contributed by atoms with Crippen molar-refractivity contribution in [2.24, 2.45) is 0 Å². The van der Waals surface area contributed by atoms with E-state index in [0.29, 0.717) is 0 Å². The highest BCUT2D eigenvalue weighted by molar-refractivity contribution is 5.89. The van der Waals surface area contributed by atoms with Crippen molar-refractivity contribution in [1.29, 1.82) is 0 Å². The Hall–Kier alpha value is -1.56. The number of aliphatic hydroxyl groups is 2. The summed E-state index contributed by atoms with van der Waals surface area (Å²) in [4.78, 5) is 21.3. The van der Waals surface area contributed by atoms with E-state index in [2.05, 4.69) is 9.47 Å². The molecule has 0 fully saturated rings. The van der Waals surface area contributed by atoms with Crippen LogP contribution in [0.5, 0.6) is 0 Å². The molecule has 1 rings (SSSR count). The summed E-state index contributed by atoms with van der Waals surface area (Å²) in [6.45, 7) is 0. The molecule has 1 aliphatic rings. The van der Waals surface area contributed by atoms with Crippen LogP contribution in [0.2, 0.25) is 0 Å². The molecule has 13 heavy (non-hydrogen) atoms.